The van der Waals surface area contributed by atoms with Gasteiger partial charge in [-0.3, -0.25) is 0 Å². The third-order valence-electron chi connectivity index (χ3n) is 4.69. The fourth-order valence-corrected chi connectivity index (χ4v) is 3.91. The zero-order valence-corrected chi connectivity index (χ0v) is 18.2. The van der Waals surface area contributed by atoms with Gasteiger partial charge in [-0.25, -0.2) is 13.2 Å². The highest BCUT2D eigenvalue weighted by Gasteiger charge is 2.25. The predicted molar refractivity (Wildman–Crippen MR) is 114 cm³/mol. The first kappa shape index (κ1) is 21.2. The first-order valence-electron chi connectivity index (χ1n) is 9.64. The van der Waals surface area contributed by atoms with Crippen LogP contribution in [0.4, 0.5) is 10.5 Å². The number of nitrogens with zero attached hydrogens (tertiary/aromatic N) is 1. The maximum absolute atomic E-state index is 12.4. The van der Waals surface area contributed by atoms with Crippen LogP contribution in [-0.2, 0) is 34.1 Å². The lowest BCUT2D eigenvalue weighted by Crippen LogP contribution is -2.39. The highest BCUT2D eigenvalue weighted by atomic mass is 32.2. The van der Waals surface area contributed by atoms with Gasteiger partial charge in [0.1, 0.15) is 5.60 Å². The molecular formula is C22H28N2O4S. The summed E-state index contributed by atoms with van der Waals surface area (Å²) in [6.07, 6.45) is 1.72. The van der Waals surface area contributed by atoms with Gasteiger partial charge in [-0.2, -0.15) is 0 Å². The van der Waals surface area contributed by atoms with E-state index >= 15 is 0 Å². The topological polar surface area (TPSA) is 75.7 Å². The smallest absolute Gasteiger partial charge is 0.410 e. The molecule has 0 saturated carbocycles. The number of fused-ring (bicyclic) bond motifs is 1. The van der Waals surface area contributed by atoms with Crippen LogP contribution in [0.25, 0.3) is 0 Å². The molecular weight excluding hydrogens is 388 g/mol. The number of hydrogen-bond donors (Lipinski definition) is 1. The van der Waals surface area contributed by atoms with E-state index in [1.54, 1.807) is 23.1 Å². The Balaban J connectivity index is 1.68. The van der Waals surface area contributed by atoms with Crippen LogP contribution in [0.3, 0.4) is 0 Å². The summed E-state index contributed by atoms with van der Waals surface area (Å²) in [6.45, 7) is 7.34. The van der Waals surface area contributed by atoms with Gasteiger partial charge >= 0.3 is 6.09 Å². The summed E-state index contributed by atoms with van der Waals surface area (Å²) in [7, 11) is -3.24. The van der Waals surface area contributed by atoms with Crippen molar-refractivity contribution in [2.24, 2.45) is 0 Å². The van der Waals surface area contributed by atoms with Gasteiger partial charge in [-0.05, 0) is 62.1 Å². The number of nitrogens with one attached hydrogen (secondary N) is 1. The van der Waals surface area contributed by atoms with Crippen LogP contribution in [-0.4, -0.2) is 37.8 Å². The molecule has 2 aromatic carbocycles. The number of amides is 1. The molecule has 29 heavy (non-hydrogen) atoms. The zero-order chi connectivity index (χ0) is 21.2. The summed E-state index contributed by atoms with van der Waals surface area (Å²) < 4.78 is 28.9. The average molecular weight is 417 g/mol. The van der Waals surface area contributed by atoms with Crippen LogP contribution < -0.4 is 5.32 Å². The molecule has 0 spiro atoms. The normalized spacial score (nSPS) is 14.3. The van der Waals surface area contributed by atoms with Crippen molar-refractivity contribution >= 4 is 21.6 Å². The highest BCUT2D eigenvalue weighted by Crippen LogP contribution is 2.23. The molecule has 0 atom stereocenters. The molecule has 0 saturated heterocycles. The third kappa shape index (κ3) is 5.73. The molecule has 0 radical (unpaired) electrons. The molecule has 0 aromatic heterocycles. The van der Waals surface area contributed by atoms with E-state index in [1.165, 1.54) is 11.8 Å². The number of sulfone groups is 1. The summed E-state index contributed by atoms with van der Waals surface area (Å²) in [6, 6.07) is 13.1. The first-order chi connectivity index (χ1) is 13.5. The van der Waals surface area contributed by atoms with Gasteiger partial charge in [-0.15, -0.1) is 0 Å². The Morgan fingerprint density at radius 1 is 1.14 bits per heavy atom. The molecule has 1 aliphatic heterocycles. The third-order valence-corrected chi connectivity index (χ3v) is 5.80. The number of rotatable bonds is 4. The Morgan fingerprint density at radius 2 is 1.90 bits per heavy atom. The Bertz CT molecular complexity index is 1010. The molecule has 1 heterocycles. The molecule has 0 unspecified atom stereocenters. The van der Waals surface area contributed by atoms with Gasteiger partial charge in [-0.1, -0.05) is 24.3 Å². The monoisotopic (exact) mass is 416 g/mol. The van der Waals surface area contributed by atoms with E-state index in [0.717, 1.165) is 23.2 Å². The number of hydrogen-bond acceptors (Lipinski definition) is 5. The van der Waals surface area contributed by atoms with Crippen molar-refractivity contribution in [3.8, 4) is 0 Å². The number of carbonyl (C=O) groups is 1. The van der Waals surface area contributed by atoms with Gasteiger partial charge in [0.05, 0.1) is 4.90 Å². The Kier molecular flexibility index (Phi) is 5.89. The molecule has 6 nitrogen and oxygen atoms in total. The summed E-state index contributed by atoms with van der Waals surface area (Å²) in [4.78, 5) is 14.4. The molecule has 7 heteroatoms. The lowest BCUT2D eigenvalue weighted by molar-refractivity contribution is 0.0224. The van der Waals surface area contributed by atoms with Crippen LogP contribution >= 0.6 is 0 Å². The van der Waals surface area contributed by atoms with Crippen LogP contribution in [0.1, 0.15) is 37.5 Å². The molecule has 1 amide bonds. The molecule has 1 N–H and O–H groups in total. The summed E-state index contributed by atoms with van der Waals surface area (Å²) in [5, 5.41) is 3.28. The van der Waals surface area contributed by atoms with Crippen LogP contribution in [0.2, 0.25) is 0 Å². The molecule has 2 aromatic rings. The number of carbonyl (C=O) groups excluding carboxylic acids is 1. The average Bonchev–Trinajstić information content (AvgIpc) is 2.64. The van der Waals surface area contributed by atoms with Gasteiger partial charge < -0.3 is 15.0 Å². The molecule has 0 bridgehead atoms. The van der Waals surface area contributed by atoms with Crippen LogP contribution in [0, 0.1) is 0 Å². The minimum Gasteiger partial charge on any atom is -0.444 e. The molecule has 1 aliphatic rings. The lowest BCUT2D eigenvalue weighted by Gasteiger charge is -2.31. The molecule has 0 fully saturated rings. The van der Waals surface area contributed by atoms with Crippen molar-refractivity contribution in [3.05, 3.63) is 59.2 Å². The Labute approximate surface area is 172 Å². The summed E-state index contributed by atoms with van der Waals surface area (Å²) >= 11 is 0. The standard InChI is InChI=1S/C22H28N2O4S/c1-22(2,3)28-21(25)24-11-10-17-9-8-16(12-18(17)15-24)14-23-19-6-5-7-20(13-19)29(4,26)27/h5-9,12-13,23H,10-11,14-15H2,1-4H3. The van der Waals surface area contributed by atoms with E-state index in [2.05, 4.69) is 23.5 Å². The van der Waals surface area contributed by atoms with Crippen molar-refractivity contribution in [3.63, 3.8) is 0 Å². The van der Waals surface area contributed by atoms with E-state index in [-0.39, 0.29) is 6.09 Å². The fourth-order valence-electron chi connectivity index (χ4n) is 3.24. The maximum Gasteiger partial charge on any atom is 0.410 e. The van der Waals surface area contributed by atoms with Crippen LogP contribution in [0.5, 0.6) is 0 Å². The molecule has 3 rings (SSSR count). The van der Waals surface area contributed by atoms with Gasteiger partial charge in [0.2, 0.25) is 0 Å². The largest absolute Gasteiger partial charge is 0.444 e. The number of anilines is 1. The van der Waals surface area contributed by atoms with E-state index in [4.69, 9.17) is 4.74 Å². The van der Waals surface area contributed by atoms with Crippen molar-refractivity contribution < 1.29 is 17.9 Å². The predicted octanol–water partition coefficient (Wildman–Crippen LogP) is 4.00. The second-order valence-corrected chi connectivity index (χ2v) is 10.4. The van der Waals surface area contributed by atoms with Crippen molar-refractivity contribution in [1.29, 1.82) is 0 Å². The second kappa shape index (κ2) is 8.06. The van der Waals surface area contributed by atoms with E-state index in [0.29, 0.717) is 24.5 Å². The van der Waals surface area contributed by atoms with Crippen molar-refractivity contribution in [2.45, 2.75) is 50.8 Å². The van der Waals surface area contributed by atoms with E-state index in [9.17, 15) is 13.2 Å². The minimum absolute atomic E-state index is 0.288. The van der Waals surface area contributed by atoms with Gasteiger partial charge in [0, 0.05) is 31.6 Å². The lowest BCUT2D eigenvalue weighted by atomic mass is 9.97. The zero-order valence-electron chi connectivity index (χ0n) is 17.4. The Hall–Kier alpha value is -2.54. The van der Waals surface area contributed by atoms with Gasteiger partial charge in [0.25, 0.3) is 0 Å². The van der Waals surface area contributed by atoms with E-state index < -0.39 is 15.4 Å². The van der Waals surface area contributed by atoms with Crippen molar-refractivity contribution in [2.75, 3.05) is 18.1 Å². The van der Waals surface area contributed by atoms with Crippen molar-refractivity contribution in [1.82, 2.24) is 4.90 Å². The molecule has 156 valence electrons. The SMILES string of the molecule is CC(C)(C)OC(=O)N1CCc2ccc(CNc3cccc(S(C)(=O)=O)c3)cc2C1. The Morgan fingerprint density at radius 3 is 2.59 bits per heavy atom. The molecule has 0 aliphatic carbocycles. The van der Waals surface area contributed by atoms with Gasteiger partial charge in [0.15, 0.2) is 9.84 Å². The summed E-state index contributed by atoms with van der Waals surface area (Å²) in [5.41, 5.74) is 3.67. The first-order valence-corrected chi connectivity index (χ1v) is 11.5. The fraction of sp³-hybridized carbons (Fsp3) is 0.409. The number of benzene rings is 2. The number of ether oxygens (including phenoxy) is 1. The second-order valence-electron chi connectivity index (χ2n) is 8.41. The maximum atomic E-state index is 12.4. The summed E-state index contributed by atoms with van der Waals surface area (Å²) in [5.74, 6) is 0. The highest BCUT2D eigenvalue weighted by molar-refractivity contribution is 7.90. The van der Waals surface area contributed by atoms with E-state index in [1.807, 2.05) is 26.8 Å². The quantitative estimate of drug-likeness (QED) is 0.815. The minimum atomic E-state index is -3.24. The van der Waals surface area contributed by atoms with Crippen LogP contribution in [0.15, 0.2) is 47.4 Å².